The van der Waals surface area contributed by atoms with Gasteiger partial charge in [0.25, 0.3) is 15.9 Å². The van der Waals surface area contributed by atoms with E-state index in [0.29, 0.717) is 36.0 Å². The molecule has 0 aliphatic carbocycles. The second-order valence-corrected chi connectivity index (χ2v) is 10.7. The van der Waals surface area contributed by atoms with Gasteiger partial charge >= 0.3 is 0 Å². The zero-order valence-electron chi connectivity index (χ0n) is 18.9. The van der Waals surface area contributed by atoms with E-state index in [4.69, 9.17) is 16.3 Å². The molecule has 0 radical (unpaired) electrons. The molecule has 3 aromatic carbocycles. The van der Waals surface area contributed by atoms with Gasteiger partial charge in [0.15, 0.2) is 0 Å². The fraction of sp³-hybridized carbons (Fsp3) is 0.269. The minimum absolute atomic E-state index is 0.0895. The van der Waals surface area contributed by atoms with E-state index in [-0.39, 0.29) is 16.2 Å². The minimum Gasteiger partial charge on any atom is -0.381 e. The minimum atomic E-state index is -3.75. The molecule has 2 N–H and O–H groups in total. The van der Waals surface area contributed by atoms with E-state index in [1.54, 1.807) is 12.1 Å². The first kappa shape index (κ1) is 24.3. The first-order valence-corrected chi connectivity index (χ1v) is 13.0. The Morgan fingerprint density at radius 2 is 1.56 bits per heavy atom. The third-order valence-electron chi connectivity index (χ3n) is 6.22. The Hall–Kier alpha value is -2.87. The average molecular weight is 499 g/mol. The number of carbonyl (C=O) groups is 1. The summed E-state index contributed by atoms with van der Waals surface area (Å²) in [6.45, 7) is 3.63. The molecule has 1 fully saturated rings. The zero-order chi connectivity index (χ0) is 24.2. The van der Waals surface area contributed by atoms with Gasteiger partial charge in [0.2, 0.25) is 0 Å². The second kappa shape index (κ2) is 10.2. The Bertz CT molecular complexity index is 1240. The Balaban J connectivity index is 1.44. The molecule has 0 saturated carbocycles. The van der Waals surface area contributed by atoms with E-state index in [1.807, 2.05) is 43.3 Å². The topological polar surface area (TPSA) is 84.5 Å². The van der Waals surface area contributed by atoms with Gasteiger partial charge in [-0.15, -0.1) is 0 Å². The number of sulfonamides is 1. The maximum Gasteiger partial charge on any atom is 0.261 e. The number of amides is 1. The van der Waals surface area contributed by atoms with Crippen molar-refractivity contribution >= 4 is 33.2 Å². The highest BCUT2D eigenvalue weighted by atomic mass is 35.5. The van der Waals surface area contributed by atoms with Gasteiger partial charge in [-0.05, 0) is 73.9 Å². The van der Waals surface area contributed by atoms with Crippen molar-refractivity contribution in [3.8, 4) is 0 Å². The van der Waals surface area contributed by atoms with Gasteiger partial charge in [-0.2, -0.15) is 0 Å². The molecular weight excluding hydrogens is 472 g/mol. The normalized spacial score (nSPS) is 15.5. The van der Waals surface area contributed by atoms with Crippen LogP contribution >= 0.6 is 11.6 Å². The third-order valence-corrected chi connectivity index (χ3v) is 7.87. The van der Waals surface area contributed by atoms with Crippen molar-refractivity contribution in [1.82, 2.24) is 5.32 Å². The van der Waals surface area contributed by atoms with E-state index in [1.165, 1.54) is 24.3 Å². The largest absolute Gasteiger partial charge is 0.381 e. The lowest BCUT2D eigenvalue weighted by molar-refractivity contribution is 0.0487. The average Bonchev–Trinajstić information content (AvgIpc) is 2.85. The number of carbonyl (C=O) groups excluding carboxylic acids is 1. The lowest BCUT2D eigenvalue weighted by Gasteiger charge is -2.38. The Morgan fingerprint density at radius 3 is 2.18 bits per heavy atom. The summed E-state index contributed by atoms with van der Waals surface area (Å²) < 4.78 is 33.5. The van der Waals surface area contributed by atoms with Crippen molar-refractivity contribution in [2.75, 3.05) is 24.5 Å². The number of anilines is 1. The SMILES string of the molecule is Cc1ccc(NS(=O)(=O)c2ccc(C(=O)NCC3(c4ccc(Cl)cc4)CCOCC3)cc2)cc1. The summed E-state index contributed by atoms with van der Waals surface area (Å²) in [5.74, 6) is -0.254. The number of hydrogen-bond acceptors (Lipinski definition) is 4. The van der Waals surface area contributed by atoms with Crippen LogP contribution in [0.1, 0.15) is 34.3 Å². The summed E-state index contributed by atoms with van der Waals surface area (Å²) in [7, 11) is -3.75. The monoisotopic (exact) mass is 498 g/mol. The molecule has 0 atom stereocenters. The second-order valence-electron chi connectivity index (χ2n) is 8.58. The fourth-order valence-corrected chi connectivity index (χ4v) is 5.29. The van der Waals surface area contributed by atoms with Gasteiger partial charge in [0.05, 0.1) is 4.90 Å². The van der Waals surface area contributed by atoms with E-state index >= 15 is 0 Å². The van der Waals surface area contributed by atoms with Gasteiger partial charge in [-0.3, -0.25) is 9.52 Å². The van der Waals surface area contributed by atoms with Crippen molar-refractivity contribution in [3.05, 3.63) is 94.5 Å². The maximum absolute atomic E-state index is 12.9. The molecule has 3 aromatic rings. The van der Waals surface area contributed by atoms with Crippen LogP contribution in [0.4, 0.5) is 5.69 Å². The highest BCUT2D eigenvalue weighted by molar-refractivity contribution is 7.92. The van der Waals surface area contributed by atoms with Crippen LogP contribution in [-0.4, -0.2) is 34.1 Å². The molecule has 1 aliphatic rings. The molecule has 0 spiro atoms. The lowest BCUT2D eigenvalue weighted by Crippen LogP contribution is -2.44. The first-order valence-electron chi connectivity index (χ1n) is 11.1. The predicted octanol–water partition coefficient (Wildman–Crippen LogP) is 4.93. The van der Waals surface area contributed by atoms with Crippen LogP contribution in [0.2, 0.25) is 5.02 Å². The number of rotatable bonds is 7. The van der Waals surface area contributed by atoms with E-state index in [2.05, 4.69) is 10.0 Å². The van der Waals surface area contributed by atoms with Gasteiger partial charge in [-0.25, -0.2) is 8.42 Å². The fourth-order valence-electron chi connectivity index (χ4n) is 4.11. The lowest BCUT2D eigenvalue weighted by atomic mass is 9.74. The van der Waals surface area contributed by atoms with Crippen LogP contribution in [0.15, 0.2) is 77.7 Å². The summed E-state index contributed by atoms with van der Waals surface area (Å²) >= 11 is 6.06. The molecule has 4 rings (SSSR count). The maximum atomic E-state index is 12.9. The summed E-state index contributed by atoms with van der Waals surface area (Å²) in [6.07, 6.45) is 1.58. The van der Waals surface area contributed by atoms with Crippen molar-refractivity contribution < 1.29 is 17.9 Å². The molecule has 0 aromatic heterocycles. The molecule has 178 valence electrons. The highest BCUT2D eigenvalue weighted by Crippen LogP contribution is 2.35. The molecule has 1 saturated heterocycles. The summed E-state index contributed by atoms with van der Waals surface area (Å²) in [5, 5.41) is 3.70. The van der Waals surface area contributed by atoms with E-state index in [0.717, 1.165) is 24.0 Å². The molecule has 1 heterocycles. The molecule has 6 nitrogen and oxygen atoms in total. The molecular formula is C26H27ClN2O4S. The summed E-state index contributed by atoms with van der Waals surface area (Å²) in [5.41, 5.74) is 2.80. The van der Waals surface area contributed by atoms with Crippen molar-refractivity contribution in [2.24, 2.45) is 0 Å². The van der Waals surface area contributed by atoms with E-state index in [9.17, 15) is 13.2 Å². The third kappa shape index (κ3) is 5.60. The number of halogens is 1. The Kier molecular flexibility index (Phi) is 7.26. The van der Waals surface area contributed by atoms with Gasteiger partial charge in [0, 0.05) is 41.4 Å². The van der Waals surface area contributed by atoms with Crippen molar-refractivity contribution in [2.45, 2.75) is 30.1 Å². The highest BCUT2D eigenvalue weighted by Gasteiger charge is 2.35. The molecule has 0 bridgehead atoms. The number of hydrogen-bond donors (Lipinski definition) is 2. The van der Waals surface area contributed by atoms with Crippen LogP contribution in [-0.2, 0) is 20.2 Å². The molecule has 1 aliphatic heterocycles. The van der Waals surface area contributed by atoms with Gasteiger partial charge in [0.1, 0.15) is 0 Å². The molecule has 0 unspecified atom stereocenters. The van der Waals surface area contributed by atoms with E-state index < -0.39 is 10.0 Å². The van der Waals surface area contributed by atoms with Crippen molar-refractivity contribution in [1.29, 1.82) is 0 Å². The summed E-state index contributed by atoms with van der Waals surface area (Å²) in [4.78, 5) is 13.0. The smallest absolute Gasteiger partial charge is 0.261 e. The Labute approximate surface area is 205 Å². The van der Waals surface area contributed by atoms with Crippen molar-refractivity contribution in [3.63, 3.8) is 0 Å². The predicted molar refractivity (Wildman–Crippen MR) is 134 cm³/mol. The number of benzene rings is 3. The van der Waals surface area contributed by atoms with Crippen LogP contribution in [0, 0.1) is 6.92 Å². The van der Waals surface area contributed by atoms with Crippen LogP contribution in [0.5, 0.6) is 0 Å². The molecule has 34 heavy (non-hydrogen) atoms. The zero-order valence-corrected chi connectivity index (χ0v) is 20.5. The number of aryl methyl sites for hydroxylation is 1. The quantitative estimate of drug-likeness (QED) is 0.484. The van der Waals surface area contributed by atoms with Gasteiger partial charge < -0.3 is 10.1 Å². The van der Waals surface area contributed by atoms with Crippen LogP contribution in [0.25, 0.3) is 0 Å². The van der Waals surface area contributed by atoms with Gasteiger partial charge in [-0.1, -0.05) is 41.4 Å². The molecule has 8 heteroatoms. The standard InChI is InChI=1S/C26H27ClN2O4S/c1-19-2-10-23(11-3-19)29-34(31,32)24-12-4-20(5-13-24)25(30)28-18-26(14-16-33-17-15-26)21-6-8-22(27)9-7-21/h2-13,29H,14-18H2,1H3,(H,28,30). The number of nitrogens with one attached hydrogen (secondary N) is 2. The summed E-state index contributed by atoms with van der Waals surface area (Å²) in [6, 6.07) is 20.7. The Morgan fingerprint density at radius 1 is 0.941 bits per heavy atom. The number of ether oxygens (including phenoxy) is 1. The first-order chi connectivity index (χ1) is 16.3. The molecule has 1 amide bonds. The van der Waals surface area contributed by atoms with Crippen LogP contribution < -0.4 is 10.0 Å². The van der Waals surface area contributed by atoms with Crippen LogP contribution in [0.3, 0.4) is 0 Å².